The Morgan fingerprint density at radius 1 is 1.03 bits per heavy atom. The van der Waals surface area contributed by atoms with Crippen LogP contribution in [-0.4, -0.2) is 55.6 Å². The first-order valence-corrected chi connectivity index (χ1v) is 12.9. The summed E-state index contributed by atoms with van der Waals surface area (Å²) >= 11 is 1.86. The molecule has 1 aliphatic heterocycles. The molecule has 7 rings (SSSR count). The van der Waals surface area contributed by atoms with Crippen molar-refractivity contribution < 1.29 is 4.74 Å². The molecule has 1 saturated heterocycles. The minimum atomic E-state index is 0.271. The van der Waals surface area contributed by atoms with Gasteiger partial charge in [0, 0.05) is 69.6 Å². The molecule has 4 aromatic heterocycles. The first-order valence-electron chi connectivity index (χ1n) is 12.1. The summed E-state index contributed by atoms with van der Waals surface area (Å²) in [5.74, 6) is 0. The third-order valence-electron chi connectivity index (χ3n) is 6.99. The van der Waals surface area contributed by atoms with Crippen LogP contribution >= 0.6 is 11.3 Å². The number of fused-ring (bicyclic) bond motifs is 4. The van der Waals surface area contributed by atoms with Crippen LogP contribution in [0.4, 0.5) is 0 Å². The molecule has 0 bridgehead atoms. The van der Waals surface area contributed by atoms with Crippen molar-refractivity contribution in [1.82, 2.24) is 30.3 Å². The summed E-state index contributed by atoms with van der Waals surface area (Å²) in [7, 11) is 0. The lowest BCUT2D eigenvalue weighted by Crippen LogP contribution is -2.44. The molecule has 0 saturated carbocycles. The fourth-order valence-corrected chi connectivity index (χ4v) is 6.63. The van der Waals surface area contributed by atoms with E-state index in [0.717, 1.165) is 59.6 Å². The zero-order valence-electron chi connectivity index (χ0n) is 19.7. The van der Waals surface area contributed by atoms with E-state index in [2.05, 4.69) is 75.5 Å². The predicted octanol–water partition coefficient (Wildman–Crippen LogP) is 5.26. The molecule has 2 atom stereocenters. The normalized spacial score (nSPS) is 19.8. The predicted molar refractivity (Wildman–Crippen MR) is 138 cm³/mol. The van der Waals surface area contributed by atoms with Gasteiger partial charge in [-0.25, -0.2) is 0 Å². The van der Waals surface area contributed by atoms with Crippen LogP contribution in [0.25, 0.3) is 43.9 Å². The number of morpholine rings is 1. The Hall–Kier alpha value is -3.33. The van der Waals surface area contributed by atoms with Crippen LogP contribution in [0, 0.1) is 0 Å². The van der Waals surface area contributed by atoms with Gasteiger partial charge in [-0.3, -0.25) is 20.1 Å². The van der Waals surface area contributed by atoms with E-state index in [-0.39, 0.29) is 12.2 Å². The highest BCUT2D eigenvalue weighted by Crippen LogP contribution is 2.46. The van der Waals surface area contributed by atoms with Crippen molar-refractivity contribution in [3.8, 4) is 33.0 Å². The van der Waals surface area contributed by atoms with Gasteiger partial charge in [0.1, 0.15) is 0 Å². The molecule has 2 aliphatic rings. The second kappa shape index (κ2) is 8.12. The zero-order valence-corrected chi connectivity index (χ0v) is 20.5. The van der Waals surface area contributed by atoms with Crippen LogP contribution < -0.4 is 0 Å². The maximum atomic E-state index is 5.85. The number of thiophene rings is 1. The topological polar surface area (TPSA) is 82.7 Å². The number of rotatable bonds is 4. The lowest BCUT2D eigenvalue weighted by molar-refractivity contribution is -0.0707. The minimum Gasteiger partial charge on any atom is -0.373 e. The van der Waals surface area contributed by atoms with Gasteiger partial charge < -0.3 is 4.74 Å². The summed E-state index contributed by atoms with van der Waals surface area (Å²) in [5, 5.41) is 16.3. The molecule has 176 valence electrons. The third-order valence-corrected chi connectivity index (χ3v) is 8.17. The molecule has 2 N–H and O–H groups in total. The van der Waals surface area contributed by atoms with Gasteiger partial charge in [-0.2, -0.15) is 10.2 Å². The lowest BCUT2D eigenvalue weighted by Gasteiger charge is -2.35. The van der Waals surface area contributed by atoms with E-state index in [1.54, 1.807) is 0 Å². The van der Waals surface area contributed by atoms with Crippen molar-refractivity contribution in [2.24, 2.45) is 0 Å². The average Bonchev–Trinajstić information content (AvgIpc) is 3.60. The summed E-state index contributed by atoms with van der Waals surface area (Å²) in [5.41, 5.74) is 9.13. The average molecular weight is 483 g/mol. The quantitative estimate of drug-likeness (QED) is 0.358. The molecule has 35 heavy (non-hydrogen) atoms. The highest BCUT2D eigenvalue weighted by atomic mass is 32.1. The fourth-order valence-electron chi connectivity index (χ4n) is 5.46. The maximum Gasteiger partial charge on any atom is 0.0963 e. The summed E-state index contributed by atoms with van der Waals surface area (Å²) in [6.45, 7) is 7.05. The lowest BCUT2D eigenvalue weighted by atomic mass is 10.0. The first kappa shape index (κ1) is 21.0. The highest BCUT2D eigenvalue weighted by molar-refractivity contribution is 7.16. The number of hydrogen-bond donors (Lipinski definition) is 2. The molecule has 1 fully saturated rings. The van der Waals surface area contributed by atoms with Gasteiger partial charge in [-0.1, -0.05) is 18.2 Å². The van der Waals surface area contributed by atoms with E-state index in [1.807, 2.05) is 23.7 Å². The summed E-state index contributed by atoms with van der Waals surface area (Å²) in [6, 6.07) is 13.0. The Labute approximate surface area is 207 Å². The van der Waals surface area contributed by atoms with Gasteiger partial charge in [0.05, 0.1) is 41.0 Å². The Morgan fingerprint density at radius 3 is 2.71 bits per heavy atom. The number of nitrogens with one attached hydrogen (secondary N) is 2. The van der Waals surface area contributed by atoms with E-state index >= 15 is 0 Å². The van der Waals surface area contributed by atoms with Gasteiger partial charge in [-0.05, 0) is 32.0 Å². The number of nitrogens with zero attached hydrogens (tertiary/aromatic N) is 4. The van der Waals surface area contributed by atoms with Crippen LogP contribution in [0.5, 0.6) is 0 Å². The number of aromatic nitrogens is 5. The van der Waals surface area contributed by atoms with Crippen molar-refractivity contribution in [3.05, 3.63) is 64.9 Å². The largest absolute Gasteiger partial charge is 0.373 e. The number of H-pyrrole nitrogens is 2. The monoisotopic (exact) mass is 482 g/mol. The summed E-state index contributed by atoms with van der Waals surface area (Å²) < 4.78 is 5.85. The Kier molecular flexibility index (Phi) is 4.87. The minimum absolute atomic E-state index is 0.271. The van der Waals surface area contributed by atoms with E-state index in [1.165, 1.54) is 26.4 Å². The molecule has 0 radical (unpaired) electrons. The van der Waals surface area contributed by atoms with Crippen LogP contribution in [0.15, 0.2) is 48.8 Å². The van der Waals surface area contributed by atoms with Crippen LogP contribution in [-0.2, 0) is 17.7 Å². The van der Waals surface area contributed by atoms with E-state index in [4.69, 9.17) is 9.72 Å². The number of hydrogen-bond acceptors (Lipinski definition) is 6. The van der Waals surface area contributed by atoms with Crippen molar-refractivity contribution in [3.63, 3.8) is 0 Å². The molecule has 8 heteroatoms. The number of pyridine rings is 1. The van der Waals surface area contributed by atoms with Crippen molar-refractivity contribution in [1.29, 1.82) is 0 Å². The third kappa shape index (κ3) is 3.69. The highest BCUT2D eigenvalue weighted by Gasteiger charge is 2.28. The molecular weight excluding hydrogens is 456 g/mol. The van der Waals surface area contributed by atoms with E-state index in [0.29, 0.717) is 0 Å². The molecule has 1 aromatic carbocycles. The van der Waals surface area contributed by atoms with Gasteiger partial charge in [0.2, 0.25) is 0 Å². The molecule has 0 unspecified atom stereocenters. The molecule has 7 nitrogen and oxygen atoms in total. The molecule has 5 aromatic rings. The summed E-state index contributed by atoms with van der Waals surface area (Å²) in [4.78, 5) is 9.85. The number of benzene rings is 1. The smallest absolute Gasteiger partial charge is 0.0963 e. The van der Waals surface area contributed by atoms with E-state index in [9.17, 15) is 0 Å². The second-order valence-electron chi connectivity index (χ2n) is 9.71. The standard InChI is InChI=1S/C27H26N6OS/c1-15-12-33(13-16(2)34-15)14-20-6-5-19(10-28-20)24-8-21-25(35-24)9-22-26(31-32-27(21)22)17-3-4-18-11-29-30-23(18)7-17/h3-8,10-11,15-16H,9,12-14H2,1-2H3,(H,29,30)(H,31,32)/t15-,16+. The fraction of sp³-hybridized carbons (Fsp3) is 0.296. The molecular formula is C27H26N6OS. The van der Waals surface area contributed by atoms with Crippen molar-refractivity contribution in [2.45, 2.75) is 39.0 Å². The van der Waals surface area contributed by atoms with Crippen LogP contribution in [0.1, 0.15) is 30.0 Å². The Bertz CT molecular complexity index is 1520. The van der Waals surface area contributed by atoms with Gasteiger partial charge in [-0.15, -0.1) is 11.3 Å². The van der Waals surface area contributed by atoms with Gasteiger partial charge >= 0.3 is 0 Å². The number of ether oxygens (including phenoxy) is 1. The zero-order chi connectivity index (χ0) is 23.5. The Morgan fingerprint density at radius 2 is 1.89 bits per heavy atom. The molecule has 1 aliphatic carbocycles. The Balaban J connectivity index is 1.12. The van der Waals surface area contributed by atoms with Gasteiger partial charge in [0.15, 0.2) is 0 Å². The van der Waals surface area contributed by atoms with Crippen LogP contribution in [0.3, 0.4) is 0 Å². The van der Waals surface area contributed by atoms with Crippen molar-refractivity contribution >= 4 is 22.2 Å². The summed E-state index contributed by atoms with van der Waals surface area (Å²) in [6.07, 6.45) is 5.31. The van der Waals surface area contributed by atoms with Gasteiger partial charge in [0.25, 0.3) is 0 Å². The van der Waals surface area contributed by atoms with Crippen LogP contribution in [0.2, 0.25) is 0 Å². The second-order valence-corrected chi connectivity index (χ2v) is 10.8. The maximum absolute atomic E-state index is 5.85. The van der Waals surface area contributed by atoms with Crippen molar-refractivity contribution in [2.75, 3.05) is 13.1 Å². The molecule has 5 heterocycles. The molecule has 0 spiro atoms. The number of aromatic amines is 2. The van der Waals surface area contributed by atoms with E-state index < -0.39 is 0 Å². The first-order chi connectivity index (χ1) is 17.1. The molecule has 0 amide bonds. The SMILES string of the molecule is C[C@@H]1CN(Cc2ccc(-c3cc4c(s3)Cc3c(-c5ccc6cn[nH]c6c5)n[nH]c3-4)cn2)C[C@H](C)O1.